The molecule has 2 aliphatic rings. The Morgan fingerprint density at radius 1 is 1.00 bits per heavy atom. The highest BCUT2D eigenvalue weighted by Crippen LogP contribution is 2.42. The molecule has 0 aromatic heterocycles. The minimum absolute atomic E-state index is 0.130. The van der Waals surface area contributed by atoms with Crippen LogP contribution >= 0.6 is 23.2 Å². The predicted octanol–water partition coefficient (Wildman–Crippen LogP) is 5.17. The lowest BCUT2D eigenvalue weighted by Gasteiger charge is -2.25. The fourth-order valence-electron chi connectivity index (χ4n) is 4.20. The molecule has 29 heavy (non-hydrogen) atoms. The predicted molar refractivity (Wildman–Crippen MR) is 113 cm³/mol. The number of hydrogen-bond acceptors (Lipinski definition) is 3. The van der Waals surface area contributed by atoms with Crippen LogP contribution in [0.5, 0.6) is 0 Å². The Morgan fingerprint density at radius 3 is 2.41 bits per heavy atom. The monoisotopic (exact) mass is 430 g/mol. The van der Waals surface area contributed by atoms with Crippen LogP contribution in [0.2, 0.25) is 10.0 Å². The number of hydrogen-bond donors (Lipinski definition) is 1. The minimum Gasteiger partial charge on any atom is -0.321 e. The van der Waals surface area contributed by atoms with Crippen LogP contribution in [0.1, 0.15) is 36.5 Å². The molecule has 1 aliphatic heterocycles. The summed E-state index contributed by atoms with van der Waals surface area (Å²) in [5.74, 6) is -0.602. The van der Waals surface area contributed by atoms with Gasteiger partial charge in [0.25, 0.3) is 5.91 Å². The van der Waals surface area contributed by atoms with E-state index in [1.54, 1.807) is 42.5 Å². The fraction of sp³-hybridized carbons (Fsp3) is 0.318. The maximum atomic E-state index is 12.8. The molecular weight excluding hydrogens is 411 g/mol. The lowest BCUT2D eigenvalue weighted by Crippen LogP contribution is -2.30. The summed E-state index contributed by atoms with van der Waals surface area (Å²) < 4.78 is 0. The van der Waals surface area contributed by atoms with E-state index >= 15 is 0 Å². The van der Waals surface area contributed by atoms with E-state index in [-0.39, 0.29) is 34.6 Å². The van der Waals surface area contributed by atoms with Crippen molar-refractivity contribution in [3.8, 4) is 0 Å². The zero-order chi connectivity index (χ0) is 20.7. The molecule has 1 N–H and O–H groups in total. The molecule has 7 heteroatoms. The van der Waals surface area contributed by atoms with E-state index in [4.69, 9.17) is 23.2 Å². The topological polar surface area (TPSA) is 66.5 Å². The van der Waals surface area contributed by atoms with Gasteiger partial charge in [0.05, 0.1) is 33.3 Å². The van der Waals surface area contributed by atoms with Crippen LogP contribution in [0.15, 0.2) is 42.5 Å². The van der Waals surface area contributed by atoms with E-state index in [1.165, 1.54) is 4.90 Å². The maximum Gasteiger partial charge on any atom is 0.255 e. The molecule has 0 spiro atoms. The van der Waals surface area contributed by atoms with Crippen LogP contribution in [-0.2, 0) is 9.59 Å². The summed E-state index contributed by atoms with van der Waals surface area (Å²) in [6, 6.07) is 11.4. The van der Waals surface area contributed by atoms with E-state index in [0.29, 0.717) is 27.9 Å². The molecule has 3 atom stereocenters. The largest absolute Gasteiger partial charge is 0.321 e. The van der Waals surface area contributed by atoms with Gasteiger partial charge in [0.2, 0.25) is 11.8 Å². The Hall–Kier alpha value is -2.37. The smallest absolute Gasteiger partial charge is 0.255 e. The van der Waals surface area contributed by atoms with E-state index in [0.717, 1.165) is 19.3 Å². The summed E-state index contributed by atoms with van der Waals surface area (Å²) >= 11 is 12.1. The number of carbonyl (C=O) groups excluding carboxylic acids is 3. The van der Waals surface area contributed by atoms with Crippen molar-refractivity contribution in [2.24, 2.45) is 17.8 Å². The molecule has 1 saturated carbocycles. The second kappa shape index (κ2) is 7.81. The van der Waals surface area contributed by atoms with E-state index < -0.39 is 0 Å². The van der Waals surface area contributed by atoms with Crippen molar-refractivity contribution in [2.45, 2.75) is 26.2 Å². The third-order valence-electron chi connectivity index (χ3n) is 5.78. The Labute approximate surface area is 179 Å². The summed E-state index contributed by atoms with van der Waals surface area (Å²) in [5.41, 5.74) is 1.30. The molecule has 2 aromatic rings. The van der Waals surface area contributed by atoms with Crippen molar-refractivity contribution < 1.29 is 14.4 Å². The molecule has 4 rings (SSSR count). The Morgan fingerprint density at radius 2 is 1.69 bits per heavy atom. The second-order valence-corrected chi connectivity index (χ2v) is 8.53. The first-order chi connectivity index (χ1) is 13.9. The highest BCUT2D eigenvalue weighted by Gasteiger charge is 2.49. The third-order valence-corrected chi connectivity index (χ3v) is 6.59. The highest BCUT2D eigenvalue weighted by molar-refractivity contribution is 6.44. The van der Waals surface area contributed by atoms with Gasteiger partial charge in [-0.25, -0.2) is 0 Å². The van der Waals surface area contributed by atoms with Gasteiger partial charge in [-0.15, -0.1) is 0 Å². The number of anilines is 2. The van der Waals surface area contributed by atoms with Gasteiger partial charge in [-0.2, -0.15) is 0 Å². The van der Waals surface area contributed by atoms with Gasteiger partial charge in [0.1, 0.15) is 0 Å². The van der Waals surface area contributed by atoms with Gasteiger partial charge < -0.3 is 5.32 Å². The molecule has 150 valence electrons. The van der Waals surface area contributed by atoms with Crippen molar-refractivity contribution in [2.75, 3.05) is 10.2 Å². The lowest BCUT2D eigenvalue weighted by atomic mass is 9.76. The SMILES string of the molecule is C[C@@H]1CC[C@H]2C(=O)N(c3ccc(C(=O)Nc4cccc(Cl)c4Cl)cc3)C(=O)[C@@H]2C1. The van der Waals surface area contributed by atoms with Crippen molar-refractivity contribution in [1.82, 2.24) is 0 Å². The Bertz CT molecular complexity index is 990. The average molecular weight is 431 g/mol. The van der Waals surface area contributed by atoms with Crippen molar-refractivity contribution in [3.63, 3.8) is 0 Å². The van der Waals surface area contributed by atoms with E-state index in [2.05, 4.69) is 12.2 Å². The number of amides is 3. The summed E-state index contributed by atoms with van der Waals surface area (Å²) in [5, 5.41) is 3.33. The molecule has 5 nitrogen and oxygen atoms in total. The number of benzene rings is 2. The Balaban J connectivity index is 1.52. The molecule has 2 fully saturated rings. The molecule has 0 radical (unpaired) electrons. The van der Waals surface area contributed by atoms with Crippen molar-refractivity contribution >= 4 is 52.3 Å². The molecule has 2 aromatic carbocycles. The summed E-state index contributed by atoms with van der Waals surface area (Å²) in [7, 11) is 0. The fourth-order valence-corrected chi connectivity index (χ4v) is 4.55. The van der Waals surface area contributed by atoms with Crippen molar-refractivity contribution in [3.05, 3.63) is 58.1 Å². The van der Waals surface area contributed by atoms with E-state index in [1.807, 2.05) is 0 Å². The zero-order valence-corrected chi connectivity index (χ0v) is 17.3. The number of nitrogens with zero attached hydrogens (tertiary/aromatic N) is 1. The normalized spacial score (nSPS) is 23.8. The zero-order valence-electron chi connectivity index (χ0n) is 15.8. The van der Waals surface area contributed by atoms with E-state index in [9.17, 15) is 14.4 Å². The maximum absolute atomic E-state index is 12.8. The van der Waals surface area contributed by atoms with Crippen LogP contribution in [0.3, 0.4) is 0 Å². The number of nitrogens with one attached hydrogen (secondary N) is 1. The lowest BCUT2D eigenvalue weighted by molar-refractivity contribution is -0.122. The molecular formula is C22H20Cl2N2O3. The van der Waals surface area contributed by atoms with Gasteiger partial charge in [-0.3, -0.25) is 19.3 Å². The standard InChI is InChI=1S/C22H20Cl2N2O3/c1-12-5-10-15-16(11-12)22(29)26(21(15)28)14-8-6-13(7-9-14)20(27)25-18-4-2-3-17(23)19(18)24/h2-4,6-9,12,15-16H,5,10-11H2,1H3,(H,25,27)/t12-,15-,16-/m1/s1. The van der Waals surface area contributed by atoms with Crippen LogP contribution in [-0.4, -0.2) is 17.7 Å². The molecule has 1 saturated heterocycles. The molecule has 1 aliphatic carbocycles. The van der Waals surface area contributed by atoms with Crippen LogP contribution in [0, 0.1) is 17.8 Å². The van der Waals surface area contributed by atoms with Gasteiger partial charge in [0.15, 0.2) is 0 Å². The Kier molecular flexibility index (Phi) is 5.36. The summed E-state index contributed by atoms with van der Waals surface area (Å²) in [6.45, 7) is 2.12. The summed E-state index contributed by atoms with van der Waals surface area (Å²) in [4.78, 5) is 39.4. The van der Waals surface area contributed by atoms with Gasteiger partial charge in [-0.05, 0) is 61.6 Å². The number of carbonyl (C=O) groups is 3. The highest BCUT2D eigenvalue weighted by atomic mass is 35.5. The quantitative estimate of drug-likeness (QED) is 0.682. The van der Waals surface area contributed by atoms with Crippen LogP contribution < -0.4 is 10.2 Å². The summed E-state index contributed by atoms with van der Waals surface area (Å²) in [6.07, 6.45) is 2.49. The van der Waals surface area contributed by atoms with Gasteiger partial charge in [-0.1, -0.05) is 36.2 Å². The second-order valence-electron chi connectivity index (χ2n) is 7.75. The first kappa shape index (κ1) is 19.9. The first-order valence-corrected chi connectivity index (χ1v) is 10.4. The number of imide groups is 1. The third kappa shape index (κ3) is 3.65. The minimum atomic E-state index is -0.359. The van der Waals surface area contributed by atoms with Crippen LogP contribution in [0.4, 0.5) is 11.4 Å². The average Bonchev–Trinajstić information content (AvgIpc) is 2.95. The number of halogens is 2. The van der Waals surface area contributed by atoms with Gasteiger partial charge >= 0.3 is 0 Å². The number of fused-ring (bicyclic) bond motifs is 1. The molecule has 1 heterocycles. The van der Waals surface area contributed by atoms with Gasteiger partial charge in [0, 0.05) is 5.56 Å². The molecule has 0 bridgehead atoms. The first-order valence-electron chi connectivity index (χ1n) is 9.60. The van der Waals surface area contributed by atoms with Crippen LogP contribution in [0.25, 0.3) is 0 Å². The number of rotatable bonds is 3. The molecule has 0 unspecified atom stereocenters. The molecule has 3 amide bonds. The van der Waals surface area contributed by atoms with Crippen molar-refractivity contribution in [1.29, 1.82) is 0 Å².